The topological polar surface area (TPSA) is 72.9 Å². The predicted molar refractivity (Wildman–Crippen MR) is 66.8 cm³/mol. The van der Waals surface area contributed by atoms with Crippen LogP contribution in [0, 0.1) is 6.92 Å². The van der Waals surface area contributed by atoms with Crippen LogP contribution in [0.3, 0.4) is 0 Å². The Kier molecular flexibility index (Phi) is 2.82. The number of nitrogens with zero attached hydrogens (tertiary/aromatic N) is 2. The van der Waals surface area contributed by atoms with E-state index in [2.05, 4.69) is 10.4 Å². The number of hydrogen-bond acceptors (Lipinski definition) is 3. The molecule has 0 atom stereocenters. The minimum absolute atomic E-state index is 0.186. The molecule has 0 aliphatic heterocycles. The van der Waals surface area contributed by atoms with Crippen molar-refractivity contribution in [3.8, 4) is 0 Å². The van der Waals surface area contributed by atoms with E-state index in [1.807, 2.05) is 13.0 Å². The number of nitrogens with one attached hydrogen (secondary N) is 1. The largest absolute Gasteiger partial charge is 0.399 e. The van der Waals surface area contributed by atoms with E-state index in [-0.39, 0.29) is 5.91 Å². The summed E-state index contributed by atoms with van der Waals surface area (Å²) in [6.07, 6.45) is 1.59. The molecule has 1 amide bonds. The van der Waals surface area contributed by atoms with Gasteiger partial charge in [0.1, 0.15) is 5.69 Å². The zero-order valence-corrected chi connectivity index (χ0v) is 9.77. The number of benzene rings is 1. The summed E-state index contributed by atoms with van der Waals surface area (Å²) < 4.78 is 1.53. The molecular weight excluding hydrogens is 216 g/mol. The molecule has 1 aromatic heterocycles. The Morgan fingerprint density at radius 2 is 2.18 bits per heavy atom. The summed E-state index contributed by atoms with van der Waals surface area (Å²) in [5.41, 5.74) is 8.60. The average molecular weight is 230 g/mol. The van der Waals surface area contributed by atoms with E-state index in [4.69, 9.17) is 5.73 Å². The van der Waals surface area contributed by atoms with Crippen molar-refractivity contribution in [2.75, 3.05) is 11.1 Å². The van der Waals surface area contributed by atoms with Crippen LogP contribution in [0.25, 0.3) is 0 Å². The first kappa shape index (κ1) is 11.2. The molecule has 0 unspecified atom stereocenters. The van der Waals surface area contributed by atoms with Gasteiger partial charge in [0.05, 0.1) is 0 Å². The first-order chi connectivity index (χ1) is 8.08. The number of nitrogen functional groups attached to an aromatic ring is 1. The second kappa shape index (κ2) is 4.29. The van der Waals surface area contributed by atoms with Crippen LogP contribution < -0.4 is 11.1 Å². The van der Waals surface area contributed by atoms with Gasteiger partial charge in [-0.05, 0) is 36.8 Å². The Morgan fingerprint density at radius 1 is 1.41 bits per heavy atom. The Hall–Kier alpha value is -2.30. The van der Waals surface area contributed by atoms with Crippen LogP contribution in [0.2, 0.25) is 0 Å². The first-order valence-corrected chi connectivity index (χ1v) is 5.23. The smallest absolute Gasteiger partial charge is 0.273 e. The highest BCUT2D eigenvalue weighted by atomic mass is 16.2. The van der Waals surface area contributed by atoms with Crippen molar-refractivity contribution in [3.05, 3.63) is 41.7 Å². The minimum atomic E-state index is -0.186. The van der Waals surface area contributed by atoms with E-state index in [9.17, 15) is 4.79 Å². The van der Waals surface area contributed by atoms with Crippen molar-refractivity contribution >= 4 is 17.3 Å². The van der Waals surface area contributed by atoms with Gasteiger partial charge in [-0.2, -0.15) is 5.10 Å². The Labute approximate surface area is 99.2 Å². The molecule has 1 heterocycles. The summed E-state index contributed by atoms with van der Waals surface area (Å²) in [6, 6.07) is 7.05. The molecule has 0 aliphatic carbocycles. The molecule has 0 aliphatic rings. The van der Waals surface area contributed by atoms with Crippen molar-refractivity contribution in [1.29, 1.82) is 0 Å². The second-order valence-corrected chi connectivity index (χ2v) is 3.87. The molecule has 17 heavy (non-hydrogen) atoms. The number of nitrogens with two attached hydrogens (primary N) is 1. The molecule has 0 saturated heterocycles. The maximum atomic E-state index is 11.9. The van der Waals surface area contributed by atoms with Crippen LogP contribution in [0.5, 0.6) is 0 Å². The van der Waals surface area contributed by atoms with Gasteiger partial charge in [-0.1, -0.05) is 0 Å². The lowest BCUT2D eigenvalue weighted by Gasteiger charge is -2.07. The number of carbonyl (C=O) groups excluding carboxylic acids is 1. The van der Waals surface area contributed by atoms with Crippen LogP contribution in [-0.2, 0) is 7.05 Å². The van der Waals surface area contributed by atoms with Crippen LogP contribution >= 0.6 is 0 Å². The molecule has 5 nitrogen and oxygen atoms in total. The summed E-state index contributed by atoms with van der Waals surface area (Å²) in [5.74, 6) is -0.186. The predicted octanol–water partition coefficient (Wildman–Crippen LogP) is 1.56. The van der Waals surface area contributed by atoms with Gasteiger partial charge in [-0.15, -0.1) is 0 Å². The number of rotatable bonds is 2. The van der Waals surface area contributed by atoms with Gasteiger partial charge >= 0.3 is 0 Å². The van der Waals surface area contributed by atoms with Crippen LogP contribution in [0.1, 0.15) is 16.1 Å². The molecule has 0 spiro atoms. The number of aryl methyl sites for hydroxylation is 2. The summed E-state index contributed by atoms with van der Waals surface area (Å²) in [5, 5.41) is 6.74. The lowest BCUT2D eigenvalue weighted by Crippen LogP contribution is -2.16. The van der Waals surface area contributed by atoms with Gasteiger partial charge in [-0.25, -0.2) is 0 Å². The number of aromatic nitrogens is 2. The van der Waals surface area contributed by atoms with Crippen LogP contribution in [-0.4, -0.2) is 15.7 Å². The second-order valence-electron chi connectivity index (χ2n) is 3.87. The van der Waals surface area contributed by atoms with Gasteiger partial charge in [0, 0.05) is 24.6 Å². The molecular formula is C12H14N4O. The molecule has 88 valence electrons. The Balaban J connectivity index is 2.19. The maximum absolute atomic E-state index is 11.9. The first-order valence-electron chi connectivity index (χ1n) is 5.23. The fourth-order valence-corrected chi connectivity index (χ4v) is 1.55. The summed E-state index contributed by atoms with van der Waals surface area (Å²) >= 11 is 0. The molecule has 0 fully saturated rings. The van der Waals surface area contributed by atoms with E-state index in [0.717, 1.165) is 11.3 Å². The van der Waals surface area contributed by atoms with E-state index < -0.39 is 0 Å². The van der Waals surface area contributed by atoms with E-state index >= 15 is 0 Å². The van der Waals surface area contributed by atoms with Crippen molar-refractivity contribution < 1.29 is 4.79 Å². The zero-order valence-electron chi connectivity index (χ0n) is 9.77. The fraction of sp³-hybridized carbons (Fsp3) is 0.167. The van der Waals surface area contributed by atoms with Gasteiger partial charge < -0.3 is 11.1 Å². The molecule has 2 rings (SSSR count). The third kappa shape index (κ3) is 2.28. The van der Waals surface area contributed by atoms with Gasteiger partial charge in [-0.3, -0.25) is 9.48 Å². The van der Waals surface area contributed by atoms with Crippen molar-refractivity contribution in [1.82, 2.24) is 9.78 Å². The van der Waals surface area contributed by atoms with Crippen LogP contribution in [0.4, 0.5) is 11.4 Å². The van der Waals surface area contributed by atoms with E-state index in [1.165, 1.54) is 4.68 Å². The summed E-state index contributed by atoms with van der Waals surface area (Å²) in [6.45, 7) is 1.90. The number of amides is 1. The Morgan fingerprint density at radius 3 is 2.76 bits per heavy atom. The van der Waals surface area contributed by atoms with Crippen LogP contribution in [0.15, 0.2) is 30.5 Å². The van der Waals surface area contributed by atoms with Crippen molar-refractivity contribution in [3.63, 3.8) is 0 Å². The average Bonchev–Trinajstić information content (AvgIpc) is 2.70. The highest BCUT2D eigenvalue weighted by Crippen LogP contribution is 2.17. The highest BCUT2D eigenvalue weighted by molar-refractivity contribution is 6.03. The normalized spacial score (nSPS) is 10.2. The molecule has 1 aromatic carbocycles. The lowest BCUT2D eigenvalue weighted by atomic mass is 10.2. The molecule has 0 bridgehead atoms. The number of anilines is 2. The monoisotopic (exact) mass is 230 g/mol. The Bertz CT molecular complexity index is 559. The summed E-state index contributed by atoms with van der Waals surface area (Å²) in [4.78, 5) is 11.9. The quantitative estimate of drug-likeness (QED) is 0.769. The lowest BCUT2D eigenvalue weighted by molar-refractivity contribution is 0.101. The fourth-order valence-electron chi connectivity index (χ4n) is 1.55. The maximum Gasteiger partial charge on any atom is 0.273 e. The van der Waals surface area contributed by atoms with E-state index in [1.54, 1.807) is 31.4 Å². The summed E-state index contributed by atoms with van der Waals surface area (Å²) in [7, 11) is 1.73. The molecule has 0 saturated carbocycles. The zero-order chi connectivity index (χ0) is 12.4. The van der Waals surface area contributed by atoms with Crippen molar-refractivity contribution in [2.45, 2.75) is 6.92 Å². The SMILES string of the molecule is Cc1cc(NC(=O)c2ccnn2C)ccc1N. The third-order valence-electron chi connectivity index (χ3n) is 2.58. The molecule has 5 heteroatoms. The molecule has 3 N–H and O–H groups in total. The third-order valence-corrected chi connectivity index (χ3v) is 2.58. The van der Waals surface area contributed by atoms with Gasteiger partial charge in [0.2, 0.25) is 0 Å². The van der Waals surface area contributed by atoms with Gasteiger partial charge in [0.15, 0.2) is 0 Å². The standard InChI is InChI=1S/C12H14N4O/c1-8-7-9(3-4-10(8)13)15-12(17)11-5-6-14-16(11)2/h3-7H,13H2,1-2H3,(H,15,17). The minimum Gasteiger partial charge on any atom is -0.399 e. The van der Waals surface area contributed by atoms with E-state index in [0.29, 0.717) is 11.4 Å². The number of hydrogen-bond donors (Lipinski definition) is 2. The molecule has 2 aromatic rings. The van der Waals surface area contributed by atoms with Crippen molar-refractivity contribution in [2.24, 2.45) is 7.05 Å². The molecule has 0 radical (unpaired) electrons. The highest BCUT2D eigenvalue weighted by Gasteiger charge is 2.10. The van der Waals surface area contributed by atoms with Gasteiger partial charge in [0.25, 0.3) is 5.91 Å². The number of carbonyl (C=O) groups is 1.